The van der Waals surface area contributed by atoms with Crippen LogP contribution < -0.4 is 14.2 Å². The number of benzene rings is 1. The van der Waals surface area contributed by atoms with Crippen molar-refractivity contribution in [1.82, 2.24) is 34.5 Å². The topological polar surface area (TPSA) is 122 Å². The molecule has 0 bridgehead atoms. The zero-order valence-corrected chi connectivity index (χ0v) is 22.0. The molecule has 3 aromatic heterocycles. The summed E-state index contributed by atoms with van der Waals surface area (Å²) in [7, 11) is 1.60. The zero-order valence-electron chi connectivity index (χ0n) is 21.2. The number of rotatable bonds is 10. The van der Waals surface area contributed by atoms with E-state index in [0.717, 1.165) is 5.56 Å². The van der Waals surface area contributed by atoms with E-state index in [0.29, 0.717) is 41.1 Å². The lowest BCUT2D eigenvalue weighted by Crippen LogP contribution is -2.26. The number of nitrogens with one attached hydrogen (secondary N) is 1. The molecule has 4 rings (SSSR count). The van der Waals surface area contributed by atoms with Gasteiger partial charge in [0.1, 0.15) is 39.7 Å². The number of hydrogen-bond donors (Lipinski definition) is 1. The minimum Gasteiger partial charge on any atom is -0.494 e. The molecule has 1 N–H and O–H groups in total. The second-order valence-electron chi connectivity index (χ2n) is 8.26. The van der Waals surface area contributed by atoms with Crippen molar-refractivity contribution in [3.8, 4) is 28.7 Å². The van der Waals surface area contributed by atoms with Gasteiger partial charge in [-0.1, -0.05) is 13.0 Å². The van der Waals surface area contributed by atoms with E-state index in [1.807, 2.05) is 58.2 Å². The number of nitrogens with zero attached hydrogens (tertiary/aromatic N) is 7. The van der Waals surface area contributed by atoms with Crippen LogP contribution in [0.25, 0.3) is 17.2 Å². The monoisotopic (exact) mass is 510 g/mol. The maximum Gasteiger partial charge on any atom is 0.241 e. The van der Waals surface area contributed by atoms with E-state index in [2.05, 4.69) is 30.0 Å². The molecule has 0 saturated heterocycles. The van der Waals surface area contributed by atoms with E-state index in [4.69, 9.17) is 9.47 Å². The molecule has 11 nitrogen and oxygen atoms in total. The van der Waals surface area contributed by atoms with Gasteiger partial charge in [-0.2, -0.15) is 5.10 Å². The van der Waals surface area contributed by atoms with Crippen LogP contribution in [0.3, 0.4) is 0 Å². The van der Waals surface area contributed by atoms with Crippen molar-refractivity contribution in [3.05, 3.63) is 54.2 Å². The Bertz CT molecular complexity index is 1330. The lowest BCUT2D eigenvalue weighted by molar-refractivity contribution is 0.391. The van der Waals surface area contributed by atoms with Crippen molar-refractivity contribution < 1.29 is 13.7 Å². The lowest BCUT2D eigenvalue weighted by atomic mass is 10.1. The predicted molar refractivity (Wildman–Crippen MR) is 138 cm³/mol. The summed E-state index contributed by atoms with van der Waals surface area (Å²) in [6, 6.07) is 7.30. The molecule has 4 aromatic rings. The van der Waals surface area contributed by atoms with Gasteiger partial charge in [-0.3, -0.25) is 14.0 Å². The van der Waals surface area contributed by atoms with Gasteiger partial charge in [0.25, 0.3) is 0 Å². The van der Waals surface area contributed by atoms with Crippen molar-refractivity contribution >= 4 is 16.9 Å². The van der Waals surface area contributed by atoms with Gasteiger partial charge >= 0.3 is 0 Å². The van der Waals surface area contributed by atoms with Crippen LogP contribution in [0.5, 0.6) is 11.5 Å². The van der Waals surface area contributed by atoms with Crippen LogP contribution >= 0.6 is 0 Å². The Morgan fingerprint density at radius 2 is 1.72 bits per heavy atom. The zero-order chi connectivity index (χ0) is 25.8. The van der Waals surface area contributed by atoms with Gasteiger partial charge in [-0.15, -0.1) is 10.2 Å². The van der Waals surface area contributed by atoms with Gasteiger partial charge in [0.2, 0.25) is 5.95 Å². The summed E-state index contributed by atoms with van der Waals surface area (Å²) in [6.07, 6.45) is 5.38. The fourth-order valence-corrected chi connectivity index (χ4v) is 4.64. The first-order valence-electron chi connectivity index (χ1n) is 11.5. The Kier molecular flexibility index (Phi) is 7.63. The Labute approximate surface area is 212 Å². The van der Waals surface area contributed by atoms with E-state index in [1.165, 1.54) is 0 Å². The number of anilines is 1. The molecule has 0 aliphatic carbocycles. The highest BCUT2D eigenvalue weighted by molar-refractivity contribution is 7.87. The largest absolute Gasteiger partial charge is 0.494 e. The average Bonchev–Trinajstić information content (AvgIpc) is 3.54. The third-order valence-electron chi connectivity index (χ3n) is 5.92. The lowest BCUT2D eigenvalue weighted by Gasteiger charge is -2.20. The molecule has 3 atom stereocenters. The van der Waals surface area contributed by atoms with Gasteiger partial charge in [-0.25, -0.2) is 14.2 Å². The highest BCUT2D eigenvalue weighted by Crippen LogP contribution is 2.37. The molecule has 0 radical (unpaired) electrons. The summed E-state index contributed by atoms with van der Waals surface area (Å²) >= 11 is 0. The summed E-state index contributed by atoms with van der Waals surface area (Å²) in [6.45, 7) is 8.47. The molecule has 1 aromatic carbocycles. The quantitative estimate of drug-likeness (QED) is 0.344. The molecule has 0 aliphatic heterocycles. The minimum absolute atomic E-state index is 0.171. The summed E-state index contributed by atoms with van der Waals surface area (Å²) < 4.78 is 31.3. The molecule has 3 unspecified atom stereocenters. The van der Waals surface area contributed by atoms with Crippen LogP contribution in [0, 0.1) is 6.92 Å². The van der Waals surface area contributed by atoms with E-state index < -0.39 is 11.0 Å². The first-order valence-corrected chi connectivity index (χ1v) is 12.8. The predicted octanol–water partition coefficient (Wildman–Crippen LogP) is 3.53. The molecule has 190 valence electrons. The molecule has 3 heterocycles. The molecule has 36 heavy (non-hydrogen) atoms. The second-order valence-corrected chi connectivity index (χ2v) is 9.80. The normalized spacial score (nSPS) is 13.7. The van der Waals surface area contributed by atoms with Crippen molar-refractivity contribution in [2.24, 2.45) is 0 Å². The second kappa shape index (κ2) is 10.9. The fraction of sp³-hybridized carbons (Fsp3) is 0.375. The minimum atomic E-state index is -1.55. The van der Waals surface area contributed by atoms with Crippen LogP contribution in [-0.2, 0) is 17.5 Å². The van der Waals surface area contributed by atoms with E-state index in [1.54, 1.807) is 35.9 Å². The van der Waals surface area contributed by atoms with Crippen LogP contribution in [-0.4, -0.2) is 58.2 Å². The van der Waals surface area contributed by atoms with Crippen LogP contribution in [0.15, 0.2) is 42.9 Å². The Balaban J connectivity index is 1.76. The van der Waals surface area contributed by atoms with Crippen molar-refractivity contribution in [2.75, 3.05) is 18.9 Å². The maximum absolute atomic E-state index is 13.5. The molecule has 0 amide bonds. The van der Waals surface area contributed by atoms with Gasteiger partial charge in [0, 0.05) is 31.1 Å². The SMILES string of the molecule is CCn1ccc(-c2nnc(NS(=O)C(C)C(C)c3ncc(C)cn3)n2-c2c(OC)cccc2OC)n1. The first-order chi connectivity index (χ1) is 17.4. The third-order valence-corrected chi connectivity index (χ3v) is 7.39. The van der Waals surface area contributed by atoms with Crippen LogP contribution in [0.2, 0.25) is 0 Å². The number of aromatic nitrogens is 7. The number of aryl methyl sites for hydroxylation is 2. The molecule has 12 heteroatoms. The maximum atomic E-state index is 13.5. The van der Waals surface area contributed by atoms with E-state index in [9.17, 15) is 4.21 Å². The van der Waals surface area contributed by atoms with Crippen molar-refractivity contribution in [2.45, 2.75) is 45.4 Å². The molecule has 0 spiro atoms. The highest BCUT2D eigenvalue weighted by atomic mass is 32.2. The number of ether oxygens (including phenoxy) is 2. The standard InChI is InChI=1S/C24H30N8O3S/c1-7-31-12-11-18(29-31)23-27-28-24(32(23)21-19(34-5)9-8-10-20(21)35-6)30-36(33)17(4)16(3)22-25-13-15(2)14-26-22/h8-14,16-17H,7H2,1-6H3,(H,28,30). The van der Waals surface area contributed by atoms with Crippen molar-refractivity contribution in [3.63, 3.8) is 0 Å². The summed E-state index contributed by atoms with van der Waals surface area (Å²) in [5.74, 6) is 2.24. The van der Waals surface area contributed by atoms with Gasteiger partial charge < -0.3 is 9.47 Å². The van der Waals surface area contributed by atoms with Crippen molar-refractivity contribution in [1.29, 1.82) is 0 Å². The third kappa shape index (κ3) is 4.94. The summed E-state index contributed by atoms with van der Waals surface area (Å²) in [5.41, 5.74) is 2.14. The summed E-state index contributed by atoms with van der Waals surface area (Å²) in [4.78, 5) is 8.81. The average molecular weight is 511 g/mol. The molecule has 0 saturated carbocycles. The first kappa shape index (κ1) is 25.3. The molecule has 0 fully saturated rings. The van der Waals surface area contributed by atoms with Gasteiger partial charge in [0.05, 0.1) is 19.5 Å². The van der Waals surface area contributed by atoms with Crippen LogP contribution in [0.1, 0.15) is 38.1 Å². The smallest absolute Gasteiger partial charge is 0.241 e. The van der Waals surface area contributed by atoms with Gasteiger partial charge in [0.15, 0.2) is 5.82 Å². The molecular weight excluding hydrogens is 480 g/mol. The molecule has 0 aliphatic rings. The Morgan fingerprint density at radius 1 is 1.06 bits per heavy atom. The Hall–Kier alpha value is -3.80. The van der Waals surface area contributed by atoms with E-state index >= 15 is 0 Å². The Morgan fingerprint density at radius 3 is 2.31 bits per heavy atom. The fourth-order valence-electron chi connectivity index (χ4n) is 3.65. The summed E-state index contributed by atoms with van der Waals surface area (Å²) in [5, 5.41) is 13.0. The van der Waals surface area contributed by atoms with Gasteiger partial charge in [-0.05, 0) is 44.5 Å². The van der Waals surface area contributed by atoms with Crippen LogP contribution in [0.4, 0.5) is 5.95 Å². The molecular formula is C24H30N8O3S. The number of para-hydroxylation sites is 1. The number of methoxy groups -OCH3 is 2. The van der Waals surface area contributed by atoms with E-state index in [-0.39, 0.29) is 17.1 Å². The number of hydrogen-bond acceptors (Lipinski definition) is 8. The highest BCUT2D eigenvalue weighted by Gasteiger charge is 2.28.